The van der Waals surface area contributed by atoms with Gasteiger partial charge in [0.2, 0.25) is 0 Å². The largest absolute Gasteiger partial charge is 0.384 e. The fourth-order valence-electron chi connectivity index (χ4n) is 1.43. The lowest BCUT2D eigenvalue weighted by Gasteiger charge is -2.10. The highest BCUT2D eigenvalue weighted by Gasteiger charge is 2.15. The Balaban J connectivity index is 2.72. The predicted molar refractivity (Wildman–Crippen MR) is 74.1 cm³/mol. The molecule has 2 aromatic rings. The number of anilines is 1. The smallest absolute Gasteiger partial charge is 0.123 e. The summed E-state index contributed by atoms with van der Waals surface area (Å²) < 4.78 is 0. The molecule has 0 saturated carbocycles. The molecule has 0 aliphatic rings. The monoisotopic (exact) mass is 306 g/mol. The fraction of sp³-hybridized carbons (Fsp3) is 0. The Hall–Kier alpha value is -0.670. The Morgan fingerprint density at radius 2 is 1.65 bits per heavy atom. The maximum atomic E-state index is 6.13. The SMILES string of the molecule is Nc1cc(-c2c(Cl)cc(Cl)c(Cl)c2Cl)ccn1. The van der Waals surface area contributed by atoms with E-state index in [0.717, 1.165) is 5.56 Å². The summed E-state index contributed by atoms with van der Waals surface area (Å²) in [5.74, 6) is 0.376. The molecule has 0 radical (unpaired) electrons. The molecule has 0 bridgehead atoms. The molecule has 2 nitrogen and oxygen atoms in total. The van der Waals surface area contributed by atoms with E-state index in [9.17, 15) is 0 Å². The standard InChI is InChI=1S/C11H6Cl4N2/c12-6-4-7(13)10(14)11(15)9(6)5-1-2-17-8(16)3-5/h1-4H,(H2,16,17). The van der Waals surface area contributed by atoms with Gasteiger partial charge in [0.05, 0.1) is 20.1 Å². The number of nitrogens with zero attached hydrogens (tertiary/aromatic N) is 1. The van der Waals surface area contributed by atoms with Crippen molar-refractivity contribution in [2.24, 2.45) is 0 Å². The molecule has 1 aromatic heterocycles. The Bertz CT molecular complexity index is 584. The molecular formula is C11H6Cl4N2. The average molecular weight is 308 g/mol. The summed E-state index contributed by atoms with van der Waals surface area (Å²) in [6, 6.07) is 4.95. The number of pyridine rings is 1. The van der Waals surface area contributed by atoms with Crippen LogP contribution in [0.5, 0.6) is 0 Å². The third kappa shape index (κ3) is 2.45. The van der Waals surface area contributed by atoms with Gasteiger partial charge in [-0.2, -0.15) is 0 Å². The van der Waals surface area contributed by atoms with Gasteiger partial charge in [-0.15, -0.1) is 0 Å². The van der Waals surface area contributed by atoms with Crippen molar-refractivity contribution in [2.75, 3.05) is 5.73 Å². The van der Waals surface area contributed by atoms with E-state index in [-0.39, 0.29) is 5.02 Å². The minimum absolute atomic E-state index is 0.267. The van der Waals surface area contributed by atoms with Crippen molar-refractivity contribution in [3.63, 3.8) is 0 Å². The highest BCUT2D eigenvalue weighted by atomic mass is 35.5. The van der Waals surface area contributed by atoms with Gasteiger partial charge in [-0.1, -0.05) is 46.4 Å². The van der Waals surface area contributed by atoms with Crippen molar-refractivity contribution < 1.29 is 0 Å². The zero-order chi connectivity index (χ0) is 12.6. The molecule has 0 spiro atoms. The van der Waals surface area contributed by atoms with Gasteiger partial charge in [-0.25, -0.2) is 4.98 Å². The highest BCUT2D eigenvalue weighted by Crippen LogP contribution is 2.43. The third-order valence-electron chi connectivity index (χ3n) is 2.18. The van der Waals surface area contributed by atoms with Crippen LogP contribution in [0.1, 0.15) is 0 Å². The summed E-state index contributed by atoms with van der Waals surface area (Å²) in [7, 11) is 0. The molecule has 0 aliphatic heterocycles. The number of nitrogen functional groups attached to an aromatic ring is 1. The topological polar surface area (TPSA) is 38.9 Å². The van der Waals surface area contributed by atoms with Crippen LogP contribution in [0.25, 0.3) is 11.1 Å². The van der Waals surface area contributed by atoms with Crippen LogP contribution in [0, 0.1) is 0 Å². The van der Waals surface area contributed by atoms with Crippen molar-refractivity contribution in [3.05, 3.63) is 44.5 Å². The van der Waals surface area contributed by atoms with Crippen LogP contribution in [-0.4, -0.2) is 4.98 Å². The van der Waals surface area contributed by atoms with Crippen molar-refractivity contribution in [1.29, 1.82) is 0 Å². The van der Waals surface area contributed by atoms with E-state index in [1.54, 1.807) is 24.4 Å². The molecule has 2 rings (SSSR count). The summed E-state index contributed by atoms with van der Waals surface area (Å²) in [6.07, 6.45) is 1.57. The Kier molecular flexibility index (Phi) is 3.69. The number of rotatable bonds is 1. The van der Waals surface area contributed by atoms with Crippen molar-refractivity contribution in [2.45, 2.75) is 0 Å². The molecule has 0 unspecified atom stereocenters. The summed E-state index contributed by atoms with van der Waals surface area (Å²) in [4.78, 5) is 3.90. The van der Waals surface area contributed by atoms with E-state index in [0.29, 0.717) is 26.4 Å². The number of benzene rings is 1. The number of aromatic nitrogens is 1. The van der Waals surface area contributed by atoms with E-state index >= 15 is 0 Å². The number of halogens is 4. The quantitative estimate of drug-likeness (QED) is 0.598. The van der Waals surface area contributed by atoms with Crippen LogP contribution in [-0.2, 0) is 0 Å². The highest BCUT2D eigenvalue weighted by molar-refractivity contribution is 6.51. The van der Waals surface area contributed by atoms with Gasteiger partial charge in [-0.3, -0.25) is 0 Å². The first-order chi connectivity index (χ1) is 8.00. The van der Waals surface area contributed by atoms with Crippen LogP contribution < -0.4 is 5.73 Å². The van der Waals surface area contributed by atoms with Crippen LogP contribution in [0.15, 0.2) is 24.4 Å². The fourth-order valence-corrected chi connectivity index (χ4v) is 2.57. The second kappa shape index (κ2) is 4.91. The van der Waals surface area contributed by atoms with Crippen molar-refractivity contribution >= 4 is 52.2 Å². The molecule has 17 heavy (non-hydrogen) atoms. The molecule has 0 fully saturated rings. The van der Waals surface area contributed by atoms with Gasteiger partial charge in [-0.05, 0) is 23.8 Å². The minimum Gasteiger partial charge on any atom is -0.384 e. The maximum Gasteiger partial charge on any atom is 0.123 e. The molecule has 0 atom stereocenters. The van der Waals surface area contributed by atoms with Gasteiger partial charge in [0, 0.05) is 11.8 Å². The van der Waals surface area contributed by atoms with Gasteiger partial charge >= 0.3 is 0 Å². The number of hydrogen-bond acceptors (Lipinski definition) is 2. The van der Waals surface area contributed by atoms with Gasteiger partial charge in [0.1, 0.15) is 5.82 Å². The van der Waals surface area contributed by atoms with Gasteiger partial charge in [0.15, 0.2) is 0 Å². The number of hydrogen-bond donors (Lipinski definition) is 1. The molecule has 1 aromatic carbocycles. The van der Waals surface area contributed by atoms with Crippen LogP contribution >= 0.6 is 46.4 Å². The van der Waals surface area contributed by atoms with Crippen LogP contribution in [0.2, 0.25) is 20.1 Å². The summed E-state index contributed by atoms with van der Waals surface area (Å²) in [5.41, 5.74) is 6.94. The zero-order valence-corrected chi connectivity index (χ0v) is 11.4. The van der Waals surface area contributed by atoms with E-state index in [1.807, 2.05) is 0 Å². The predicted octanol–water partition coefficient (Wildman–Crippen LogP) is 4.94. The first-order valence-corrected chi connectivity index (χ1v) is 6.06. The lowest BCUT2D eigenvalue weighted by atomic mass is 10.1. The van der Waals surface area contributed by atoms with Crippen molar-refractivity contribution in [3.8, 4) is 11.1 Å². The first-order valence-electron chi connectivity index (χ1n) is 4.55. The first kappa shape index (κ1) is 12.8. The zero-order valence-electron chi connectivity index (χ0n) is 8.35. The molecule has 0 saturated heterocycles. The van der Waals surface area contributed by atoms with Gasteiger partial charge < -0.3 is 5.73 Å². The van der Waals surface area contributed by atoms with E-state index in [2.05, 4.69) is 4.98 Å². The van der Waals surface area contributed by atoms with Crippen LogP contribution in [0.4, 0.5) is 5.82 Å². The van der Waals surface area contributed by atoms with Gasteiger partial charge in [0.25, 0.3) is 0 Å². The normalized spacial score (nSPS) is 10.6. The Labute approximate surface area is 118 Å². The van der Waals surface area contributed by atoms with E-state index in [1.165, 1.54) is 0 Å². The summed E-state index contributed by atoms with van der Waals surface area (Å²) in [6.45, 7) is 0. The van der Waals surface area contributed by atoms with Crippen molar-refractivity contribution in [1.82, 2.24) is 4.98 Å². The molecule has 0 aliphatic carbocycles. The maximum absolute atomic E-state index is 6.13. The molecule has 88 valence electrons. The molecule has 1 heterocycles. The summed E-state index contributed by atoms with van der Waals surface area (Å²) in [5, 5.41) is 1.29. The number of nitrogens with two attached hydrogens (primary N) is 1. The molecule has 2 N–H and O–H groups in total. The molecule has 0 amide bonds. The summed E-state index contributed by atoms with van der Waals surface area (Å²) >= 11 is 24.1. The van der Waals surface area contributed by atoms with E-state index in [4.69, 9.17) is 52.1 Å². The second-order valence-corrected chi connectivity index (χ2v) is 4.88. The lowest BCUT2D eigenvalue weighted by molar-refractivity contribution is 1.34. The third-order valence-corrected chi connectivity index (χ3v) is 3.74. The van der Waals surface area contributed by atoms with E-state index < -0.39 is 0 Å². The van der Waals surface area contributed by atoms with Crippen LogP contribution in [0.3, 0.4) is 0 Å². The lowest BCUT2D eigenvalue weighted by Crippen LogP contribution is -1.91. The molecular weight excluding hydrogens is 302 g/mol. The molecule has 6 heteroatoms. The Morgan fingerprint density at radius 3 is 2.29 bits per heavy atom. The minimum atomic E-state index is 0.267. The Morgan fingerprint density at radius 1 is 0.941 bits per heavy atom. The average Bonchev–Trinajstić information content (AvgIpc) is 2.26. The second-order valence-electron chi connectivity index (χ2n) is 3.31.